The molecule has 9 heteroatoms. The van der Waals surface area contributed by atoms with E-state index in [9.17, 15) is 13.5 Å². The Kier molecular flexibility index (Phi) is 4.67. The van der Waals surface area contributed by atoms with Crippen LogP contribution in [0.4, 0.5) is 0 Å². The number of aromatic hydroxyl groups is 1. The number of ether oxygens (including phenoxy) is 1. The number of hydrogen-bond acceptors (Lipinski definition) is 6. The predicted molar refractivity (Wildman–Crippen MR) is 83.2 cm³/mol. The molecule has 1 heterocycles. The summed E-state index contributed by atoms with van der Waals surface area (Å²) in [5.74, 6) is 0.0452. The predicted octanol–water partition coefficient (Wildman–Crippen LogP) is 3.80. The molecule has 0 atom stereocenters. The number of aromatic nitrogens is 1. The zero-order chi connectivity index (χ0) is 15.8. The molecule has 0 aliphatic carbocycles. The molecule has 0 radical (unpaired) electrons. The number of phenols is 1. The molecular formula is C12H11Cl2NO4S2. The van der Waals surface area contributed by atoms with Crippen LogP contribution in [0.25, 0.3) is 10.6 Å². The van der Waals surface area contributed by atoms with Gasteiger partial charge >= 0.3 is 0 Å². The minimum atomic E-state index is -3.84. The number of benzene rings is 1. The van der Waals surface area contributed by atoms with Crippen molar-refractivity contribution >= 4 is 42.7 Å². The summed E-state index contributed by atoms with van der Waals surface area (Å²) >= 11 is 6.88. The highest BCUT2D eigenvalue weighted by Gasteiger charge is 2.21. The smallest absolute Gasteiger partial charge is 0.272 e. The fourth-order valence-electron chi connectivity index (χ4n) is 1.69. The molecule has 0 unspecified atom stereocenters. The van der Waals surface area contributed by atoms with Gasteiger partial charge in [-0.3, -0.25) is 0 Å². The molecule has 0 fully saturated rings. The lowest BCUT2D eigenvalue weighted by Gasteiger charge is -2.08. The van der Waals surface area contributed by atoms with Gasteiger partial charge in [0, 0.05) is 16.2 Å². The average Bonchev–Trinajstić information content (AvgIpc) is 2.77. The first-order valence-corrected chi connectivity index (χ1v) is 9.32. The van der Waals surface area contributed by atoms with Crippen LogP contribution in [-0.2, 0) is 9.05 Å². The van der Waals surface area contributed by atoms with Crippen LogP contribution in [0, 0.1) is 6.92 Å². The molecule has 0 aliphatic rings. The monoisotopic (exact) mass is 367 g/mol. The number of rotatable bonds is 4. The highest BCUT2D eigenvalue weighted by molar-refractivity contribution is 8.15. The summed E-state index contributed by atoms with van der Waals surface area (Å²) in [4.78, 5) is 4.18. The fraction of sp³-hybridized carbons (Fsp3) is 0.250. The second-order valence-corrected chi connectivity index (χ2v) is 8.24. The van der Waals surface area contributed by atoms with Crippen molar-refractivity contribution in [3.05, 3.63) is 22.8 Å². The van der Waals surface area contributed by atoms with E-state index in [4.69, 9.17) is 27.0 Å². The second-order valence-electron chi connectivity index (χ2n) is 4.07. The highest BCUT2D eigenvalue weighted by atomic mass is 35.7. The summed E-state index contributed by atoms with van der Waals surface area (Å²) in [5.41, 5.74) is 0.855. The van der Waals surface area contributed by atoms with Gasteiger partial charge in [0.15, 0.2) is 15.7 Å². The molecule has 2 rings (SSSR count). The molecule has 0 saturated carbocycles. The quantitative estimate of drug-likeness (QED) is 0.831. The Morgan fingerprint density at radius 2 is 2.10 bits per heavy atom. The van der Waals surface area contributed by atoms with Crippen molar-refractivity contribution in [3.63, 3.8) is 0 Å². The highest BCUT2D eigenvalue weighted by Crippen LogP contribution is 2.41. The van der Waals surface area contributed by atoms with Crippen molar-refractivity contribution in [2.24, 2.45) is 0 Å². The largest absolute Gasteiger partial charge is 0.503 e. The van der Waals surface area contributed by atoms with Crippen LogP contribution in [0.3, 0.4) is 0 Å². The molecule has 5 nitrogen and oxygen atoms in total. The third-order valence-electron chi connectivity index (χ3n) is 2.55. The van der Waals surface area contributed by atoms with Gasteiger partial charge < -0.3 is 9.84 Å². The van der Waals surface area contributed by atoms with Crippen molar-refractivity contribution in [1.29, 1.82) is 0 Å². The molecule has 0 amide bonds. The van der Waals surface area contributed by atoms with Gasteiger partial charge in [0.1, 0.15) is 5.01 Å². The van der Waals surface area contributed by atoms with Gasteiger partial charge in [-0.05, 0) is 26.0 Å². The normalized spacial score (nSPS) is 11.6. The third kappa shape index (κ3) is 3.42. The molecule has 1 aromatic carbocycles. The molecule has 1 N–H and O–H groups in total. The van der Waals surface area contributed by atoms with Crippen LogP contribution in [0.15, 0.2) is 16.3 Å². The molecule has 0 bridgehead atoms. The number of aryl methyl sites for hydroxylation is 1. The van der Waals surface area contributed by atoms with E-state index in [1.165, 1.54) is 6.07 Å². The van der Waals surface area contributed by atoms with Gasteiger partial charge in [0.25, 0.3) is 9.05 Å². The molecule has 21 heavy (non-hydrogen) atoms. The Morgan fingerprint density at radius 3 is 2.62 bits per heavy atom. The summed E-state index contributed by atoms with van der Waals surface area (Å²) in [7, 11) is 1.51. The van der Waals surface area contributed by atoms with E-state index in [2.05, 4.69) is 4.98 Å². The van der Waals surface area contributed by atoms with Gasteiger partial charge in [0.2, 0.25) is 0 Å². The van der Waals surface area contributed by atoms with Crippen molar-refractivity contribution < 1.29 is 18.3 Å². The Bertz CT molecular complexity index is 787. The van der Waals surface area contributed by atoms with Gasteiger partial charge in [-0.15, -0.1) is 11.3 Å². The van der Waals surface area contributed by atoms with Gasteiger partial charge in [-0.25, -0.2) is 13.4 Å². The van der Waals surface area contributed by atoms with Crippen LogP contribution in [0.1, 0.15) is 12.6 Å². The zero-order valence-electron chi connectivity index (χ0n) is 11.1. The number of phenolic OH excluding ortho intramolecular Hbond substituents is 1. The van der Waals surface area contributed by atoms with E-state index in [0.29, 0.717) is 22.9 Å². The van der Waals surface area contributed by atoms with Crippen molar-refractivity contribution in [1.82, 2.24) is 4.98 Å². The lowest BCUT2D eigenvalue weighted by Crippen LogP contribution is -1.92. The number of halogens is 2. The third-order valence-corrected chi connectivity index (χ3v) is 6.22. The average molecular weight is 368 g/mol. The first-order valence-electron chi connectivity index (χ1n) is 5.81. The van der Waals surface area contributed by atoms with E-state index in [0.717, 1.165) is 11.3 Å². The lowest BCUT2D eigenvalue weighted by molar-refractivity contribution is 0.318. The summed E-state index contributed by atoms with van der Waals surface area (Å²) in [6, 6.07) is 3.04. The van der Waals surface area contributed by atoms with Gasteiger partial charge in [-0.2, -0.15) is 0 Å². The molecule has 1 aromatic heterocycles. The molecule has 0 spiro atoms. The first-order chi connectivity index (χ1) is 9.74. The first kappa shape index (κ1) is 16.4. The maximum absolute atomic E-state index is 11.4. The topological polar surface area (TPSA) is 76.5 Å². The number of nitrogens with zero attached hydrogens (tertiary/aromatic N) is 1. The SMILES string of the molecule is CCOc1cc(-c2nc(C)c(S(=O)(=O)Cl)s2)cc(Cl)c1O. The Morgan fingerprint density at radius 1 is 1.43 bits per heavy atom. The van der Waals surface area contributed by atoms with Crippen LogP contribution in [0.2, 0.25) is 5.02 Å². The second kappa shape index (κ2) is 6.00. The molecule has 2 aromatic rings. The maximum Gasteiger partial charge on any atom is 0.272 e. The van der Waals surface area contributed by atoms with E-state index in [1.807, 2.05) is 0 Å². The Labute approximate surface area is 135 Å². The van der Waals surface area contributed by atoms with Crippen LogP contribution < -0.4 is 4.74 Å². The maximum atomic E-state index is 11.4. The van der Waals surface area contributed by atoms with Crippen molar-refractivity contribution in [2.75, 3.05) is 6.61 Å². The van der Waals surface area contributed by atoms with Crippen molar-refractivity contribution in [2.45, 2.75) is 18.1 Å². The van der Waals surface area contributed by atoms with Crippen LogP contribution in [-0.4, -0.2) is 25.1 Å². The van der Waals surface area contributed by atoms with Crippen LogP contribution >= 0.6 is 33.6 Å². The summed E-state index contributed by atoms with van der Waals surface area (Å²) in [6.07, 6.45) is 0. The molecule has 0 aliphatic heterocycles. The summed E-state index contributed by atoms with van der Waals surface area (Å²) < 4.78 is 28.1. The zero-order valence-corrected chi connectivity index (χ0v) is 14.2. The minimum Gasteiger partial charge on any atom is -0.503 e. The van der Waals surface area contributed by atoms with E-state index in [1.54, 1.807) is 19.9 Å². The van der Waals surface area contributed by atoms with E-state index >= 15 is 0 Å². The minimum absolute atomic E-state index is 0.0127. The van der Waals surface area contributed by atoms with Crippen LogP contribution in [0.5, 0.6) is 11.5 Å². The number of hydrogen-bond donors (Lipinski definition) is 1. The standard InChI is InChI=1S/C12H11Cl2NO4S2/c1-3-19-9-5-7(4-8(13)10(9)16)11-15-6(2)12(20-11)21(14,17)18/h4-5,16H,3H2,1-2H3. The van der Waals surface area contributed by atoms with Gasteiger partial charge in [0.05, 0.1) is 17.3 Å². The molecule has 0 saturated heterocycles. The molecular weight excluding hydrogens is 357 g/mol. The van der Waals surface area contributed by atoms with Gasteiger partial charge in [-0.1, -0.05) is 11.6 Å². The van der Waals surface area contributed by atoms with E-state index < -0.39 is 9.05 Å². The summed E-state index contributed by atoms with van der Waals surface area (Å²) in [5, 5.41) is 10.3. The number of thiazole rings is 1. The van der Waals surface area contributed by atoms with E-state index in [-0.39, 0.29) is 20.7 Å². The summed E-state index contributed by atoms with van der Waals surface area (Å²) in [6.45, 7) is 3.68. The molecule has 114 valence electrons. The Hall–Kier alpha value is -1.02. The fourth-order valence-corrected chi connectivity index (χ4v) is 4.34. The Balaban J connectivity index is 2.57. The lowest BCUT2D eigenvalue weighted by atomic mass is 10.2. The van der Waals surface area contributed by atoms with Crippen molar-refractivity contribution in [3.8, 4) is 22.1 Å².